The average molecular weight is 306 g/mol. The van der Waals surface area contributed by atoms with Crippen molar-refractivity contribution in [3.8, 4) is 11.4 Å². The van der Waals surface area contributed by atoms with Crippen LogP contribution in [0.25, 0.3) is 11.4 Å². The summed E-state index contributed by atoms with van der Waals surface area (Å²) in [4.78, 5) is 16.0. The number of hydrogen-bond acceptors (Lipinski definition) is 4. The quantitative estimate of drug-likeness (QED) is 0.583. The van der Waals surface area contributed by atoms with E-state index < -0.39 is 0 Å². The van der Waals surface area contributed by atoms with Gasteiger partial charge in [-0.15, -0.1) is 6.58 Å². The van der Waals surface area contributed by atoms with E-state index in [1.165, 1.54) is 10.7 Å². The standard InChI is InChI=1S/C15H16ClN3O2/c1-2-9-21-10-3-8-19-15(20)7-6-14(18-19)13-5-4-12(16)11-17-13/h2,4-7,11H,1,3,8-10H2. The van der Waals surface area contributed by atoms with E-state index in [1.807, 2.05) is 0 Å². The highest BCUT2D eigenvalue weighted by Gasteiger charge is 2.04. The summed E-state index contributed by atoms with van der Waals surface area (Å²) < 4.78 is 6.70. The lowest BCUT2D eigenvalue weighted by atomic mass is 10.2. The molecule has 2 aromatic rings. The van der Waals surface area contributed by atoms with Gasteiger partial charge in [-0.05, 0) is 24.6 Å². The zero-order valence-electron chi connectivity index (χ0n) is 11.5. The number of hydrogen-bond donors (Lipinski definition) is 0. The van der Waals surface area contributed by atoms with E-state index in [0.29, 0.717) is 42.6 Å². The third-order valence-corrected chi connectivity index (χ3v) is 2.97. The first-order valence-electron chi connectivity index (χ1n) is 6.59. The van der Waals surface area contributed by atoms with Crippen LogP contribution in [0.3, 0.4) is 0 Å². The normalized spacial score (nSPS) is 10.5. The van der Waals surface area contributed by atoms with Gasteiger partial charge in [0.1, 0.15) is 5.69 Å². The van der Waals surface area contributed by atoms with Crippen molar-refractivity contribution in [1.29, 1.82) is 0 Å². The van der Waals surface area contributed by atoms with Crippen molar-refractivity contribution in [3.63, 3.8) is 0 Å². The molecule has 0 aliphatic rings. The number of nitrogens with zero attached hydrogens (tertiary/aromatic N) is 3. The number of aromatic nitrogens is 3. The highest BCUT2D eigenvalue weighted by Crippen LogP contribution is 2.14. The van der Waals surface area contributed by atoms with Gasteiger partial charge in [0, 0.05) is 25.4 Å². The van der Waals surface area contributed by atoms with Crippen LogP contribution in [0, 0.1) is 0 Å². The Hall–Kier alpha value is -1.98. The molecule has 2 aromatic heterocycles. The molecule has 2 heterocycles. The average Bonchev–Trinajstić information content (AvgIpc) is 2.50. The van der Waals surface area contributed by atoms with Crippen molar-refractivity contribution in [3.05, 3.63) is 58.5 Å². The van der Waals surface area contributed by atoms with Crippen LogP contribution in [-0.4, -0.2) is 28.0 Å². The van der Waals surface area contributed by atoms with Gasteiger partial charge in [-0.25, -0.2) is 4.68 Å². The molecule has 0 amide bonds. The largest absolute Gasteiger partial charge is 0.377 e. The molecule has 0 aromatic carbocycles. The molecule has 5 nitrogen and oxygen atoms in total. The van der Waals surface area contributed by atoms with Crippen molar-refractivity contribution < 1.29 is 4.74 Å². The lowest BCUT2D eigenvalue weighted by molar-refractivity contribution is 0.154. The molecule has 0 aliphatic heterocycles. The summed E-state index contributed by atoms with van der Waals surface area (Å²) in [5.41, 5.74) is 1.17. The number of halogens is 1. The molecule has 0 N–H and O–H groups in total. The third-order valence-electron chi connectivity index (χ3n) is 2.75. The number of aryl methyl sites for hydroxylation is 1. The van der Waals surface area contributed by atoms with E-state index in [-0.39, 0.29) is 5.56 Å². The van der Waals surface area contributed by atoms with Gasteiger partial charge in [0.15, 0.2) is 0 Å². The summed E-state index contributed by atoms with van der Waals surface area (Å²) in [6, 6.07) is 6.66. The fourth-order valence-corrected chi connectivity index (χ4v) is 1.87. The van der Waals surface area contributed by atoms with Gasteiger partial charge in [-0.3, -0.25) is 9.78 Å². The first kappa shape index (κ1) is 15.4. The van der Waals surface area contributed by atoms with Crippen molar-refractivity contribution in [2.75, 3.05) is 13.2 Å². The van der Waals surface area contributed by atoms with E-state index in [1.54, 1.807) is 30.5 Å². The Labute approximate surface area is 127 Å². The molecule has 0 atom stereocenters. The van der Waals surface area contributed by atoms with Crippen molar-refractivity contribution in [2.45, 2.75) is 13.0 Å². The summed E-state index contributed by atoms with van der Waals surface area (Å²) >= 11 is 5.81. The number of rotatable bonds is 7. The summed E-state index contributed by atoms with van der Waals surface area (Å²) in [6.07, 6.45) is 3.95. The Kier molecular flexibility index (Phi) is 5.66. The second-order valence-electron chi connectivity index (χ2n) is 4.36. The minimum atomic E-state index is -0.142. The maximum Gasteiger partial charge on any atom is 0.266 e. The predicted molar refractivity (Wildman–Crippen MR) is 82.4 cm³/mol. The van der Waals surface area contributed by atoms with Gasteiger partial charge in [-0.1, -0.05) is 17.7 Å². The minimum absolute atomic E-state index is 0.142. The SMILES string of the molecule is C=CCOCCCn1nc(-c2ccc(Cl)cn2)ccc1=O. The monoisotopic (exact) mass is 305 g/mol. The maximum atomic E-state index is 11.8. The Balaban J connectivity index is 2.08. The fraction of sp³-hybridized carbons (Fsp3) is 0.267. The Morgan fingerprint density at radius 3 is 2.81 bits per heavy atom. The number of ether oxygens (including phenoxy) is 1. The van der Waals surface area contributed by atoms with Crippen molar-refractivity contribution in [1.82, 2.24) is 14.8 Å². The van der Waals surface area contributed by atoms with Crippen LogP contribution in [-0.2, 0) is 11.3 Å². The molecule has 0 saturated heterocycles. The lowest BCUT2D eigenvalue weighted by Crippen LogP contribution is -2.23. The van der Waals surface area contributed by atoms with E-state index in [4.69, 9.17) is 16.3 Å². The smallest absolute Gasteiger partial charge is 0.266 e. The molecule has 6 heteroatoms. The highest BCUT2D eigenvalue weighted by molar-refractivity contribution is 6.30. The van der Waals surface area contributed by atoms with E-state index >= 15 is 0 Å². The molecular weight excluding hydrogens is 290 g/mol. The molecule has 0 fully saturated rings. The van der Waals surface area contributed by atoms with Gasteiger partial charge in [0.25, 0.3) is 5.56 Å². The second kappa shape index (κ2) is 7.71. The first-order valence-corrected chi connectivity index (χ1v) is 6.97. The highest BCUT2D eigenvalue weighted by atomic mass is 35.5. The van der Waals surface area contributed by atoms with Gasteiger partial charge in [-0.2, -0.15) is 5.10 Å². The van der Waals surface area contributed by atoms with E-state index in [9.17, 15) is 4.79 Å². The molecule has 0 aliphatic carbocycles. The van der Waals surface area contributed by atoms with Gasteiger partial charge >= 0.3 is 0 Å². The first-order chi connectivity index (χ1) is 10.2. The fourth-order valence-electron chi connectivity index (χ4n) is 1.76. The molecule has 0 bridgehead atoms. The molecule has 0 spiro atoms. The molecule has 0 unspecified atom stereocenters. The van der Waals surface area contributed by atoms with Crippen LogP contribution in [0.1, 0.15) is 6.42 Å². The van der Waals surface area contributed by atoms with Crippen molar-refractivity contribution in [2.24, 2.45) is 0 Å². The van der Waals surface area contributed by atoms with Gasteiger partial charge < -0.3 is 4.74 Å². The summed E-state index contributed by atoms with van der Waals surface area (Å²) in [5, 5.41) is 4.87. The summed E-state index contributed by atoms with van der Waals surface area (Å²) in [5.74, 6) is 0. The predicted octanol–water partition coefficient (Wildman–Crippen LogP) is 2.55. The van der Waals surface area contributed by atoms with Gasteiger partial charge in [0.05, 0.1) is 17.3 Å². The topological polar surface area (TPSA) is 57.0 Å². The van der Waals surface area contributed by atoms with E-state index in [2.05, 4.69) is 16.7 Å². The maximum absolute atomic E-state index is 11.8. The molecule has 110 valence electrons. The van der Waals surface area contributed by atoms with Crippen LogP contribution < -0.4 is 5.56 Å². The van der Waals surface area contributed by atoms with E-state index in [0.717, 1.165) is 0 Å². The second-order valence-corrected chi connectivity index (χ2v) is 4.80. The summed E-state index contributed by atoms with van der Waals surface area (Å²) in [7, 11) is 0. The Morgan fingerprint density at radius 2 is 2.10 bits per heavy atom. The van der Waals surface area contributed by atoms with Gasteiger partial charge in [0.2, 0.25) is 0 Å². The summed E-state index contributed by atoms with van der Waals surface area (Å²) in [6.45, 7) is 5.14. The minimum Gasteiger partial charge on any atom is -0.377 e. The molecule has 21 heavy (non-hydrogen) atoms. The third kappa shape index (κ3) is 4.51. The Bertz CT molecular complexity index is 653. The molecule has 0 radical (unpaired) electrons. The molecular formula is C15H16ClN3O2. The Morgan fingerprint density at radius 1 is 1.29 bits per heavy atom. The van der Waals surface area contributed by atoms with Crippen LogP contribution in [0.15, 0.2) is 47.9 Å². The van der Waals surface area contributed by atoms with Crippen LogP contribution in [0.2, 0.25) is 5.02 Å². The zero-order chi connectivity index (χ0) is 15.1. The van der Waals surface area contributed by atoms with Crippen molar-refractivity contribution >= 4 is 11.6 Å². The lowest BCUT2D eigenvalue weighted by Gasteiger charge is -2.07. The van der Waals surface area contributed by atoms with Crippen LogP contribution in [0.4, 0.5) is 0 Å². The molecule has 2 rings (SSSR count). The van der Waals surface area contributed by atoms with Crippen LogP contribution in [0.5, 0.6) is 0 Å². The molecule has 0 saturated carbocycles. The van der Waals surface area contributed by atoms with Crippen LogP contribution >= 0.6 is 11.6 Å². The zero-order valence-corrected chi connectivity index (χ0v) is 12.3. The number of pyridine rings is 1.